The Morgan fingerprint density at radius 2 is 1.78 bits per heavy atom. The van der Waals surface area contributed by atoms with E-state index >= 15 is 0 Å². The van der Waals surface area contributed by atoms with Gasteiger partial charge in [-0.25, -0.2) is 0 Å². The van der Waals surface area contributed by atoms with Gasteiger partial charge in [-0.05, 0) is 56.0 Å². The van der Waals surface area contributed by atoms with Crippen LogP contribution in [0.1, 0.15) is 56.1 Å². The maximum Gasteiger partial charge on any atom is 0.410 e. The van der Waals surface area contributed by atoms with E-state index in [1.54, 1.807) is 12.3 Å². The molecule has 9 heteroatoms. The van der Waals surface area contributed by atoms with Crippen molar-refractivity contribution >= 4 is 17.2 Å². The highest BCUT2D eigenvalue weighted by Gasteiger charge is 2.57. The largest absolute Gasteiger partial charge is 0.410 e. The third-order valence-corrected chi connectivity index (χ3v) is 6.46. The number of aromatic amines is 1. The van der Waals surface area contributed by atoms with Crippen LogP contribution in [0.4, 0.5) is 24.5 Å². The quantitative estimate of drug-likeness (QED) is 0.339. The van der Waals surface area contributed by atoms with Crippen LogP contribution in [0, 0.1) is 5.41 Å². The normalized spacial score (nSPS) is 22.0. The topological polar surface area (TPSA) is 92.8 Å². The number of benzene rings is 1. The van der Waals surface area contributed by atoms with Crippen LogP contribution in [0.3, 0.4) is 0 Å². The third kappa shape index (κ3) is 4.39. The highest BCUT2D eigenvalue weighted by atomic mass is 19.4. The van der Waals surface area contributed by atoms with E-state index in [1.807, 2.05) is 0 Å². The van der Waals surface area contributed by atoms with Crippen molar-refractivity contribution in [2.24, 2.45) is 0 Å². The minimum atomic E-state index is -4.40. The van der Waals surface area contributed by atoms with Gasteiger partial charge in [0.15, 0.2) is 0 Å². The Labute approximate surface area is 184 Å². The summed E-state index contributed by atoms with van der Waals surface area (Å²) in [4.78, 5) is 15.1. The van der Waals surface area contributed by atoms with Crippen molar-refractivity contribution < 1.29 is 13.2 Å². The molecule has 1 aromatic carbocycles. The summed E-state index contributed by atoms with van der Waals surface area (Å²) < 4.78 is 41.3. The minimum absolute atomic E-state index is 0.00528. The van der Waals surface area contributed by atoms with Gasteiger partial charge in [0.25, 0.3) is 5.56 Å². The van der Waals surface area contributed by atoms with Gasteiger partial charge in [-0.15, -0.1) is 0 Å². The minimum Gasteiger partial charge on any atom is -0.382 e. The van der Waals surface area contributed by atoms with E-state index in [-0.39, 0.29) is 29.4 Å². The van der Waals surface area contributed by atoms with Gasteiger partial charge in [0.2, 0.25) is 0 Å². The predicted octanol–water partition coefficient (Wildman–Crippen LogP) is 4.70. The Kier molecular flexibility index (Phi) is 6.28. The SMILES string of the molecule is N=C(Nc1ccc(C2(C(F)(F)F)CCCN2)cc1)c1c(NC2CCCCC2)cc[nH]c1=O. The summed E-state index contributed by atoms with van der Waals surface area (Å²) in [7, 11) is 0. The lowest BCUT2D eigenvalue weighted by atomic mass is 9.87. The summed E-state index contributed by atoms with van der Waals surface area (Å²) in [5, 5.41) is 17.3. The monoisotopic (exact) mass is 447 g/mol. The first-order valence-electron chi connectivity index (χ1n) is 11.1. The van der Waals surface area contributed by atoms with E-state index in [0.717, 1.165) is 25.7 Å². The summed E-state index contributed by atoms with van der Waals surface area (Å²) in [6.45, 7) is 0.317. The van der Waals surface area contributed by atoms with Crippen LogP contribution in [-0.4, -0.2) is 29.6 Å². The number of hydrogen-bond donors (Lipinski definition) is 5. The number of H-pyrrole nitrogens is 1. The highest BCUT2D eigenvalue weighted by molar-refractivity contribution is 6.09. The number of halogens is 3. The van der Waals surface area contributed by atoms with E-state index in [1.165, 1.54) is 30.7 Å². The second-order valence-corrected chi connectivity index (χ2v) is 8.59. The molecule has 2 heterocycles. The lowest BCUT2D eigenvalue weighted by molar-refractivity contribution is -0.196. The number of aromatic nitrogens is 1. The number of amidine groups is 1. The van der Waals surface area contributed by atoms with Gasteiger partial charge in [-0.3, -0.25) is 15.5 Å². The average Bonchev–Trinajstić information content (AvgIpc) is 3.26. The van der Waals surface area contributed by atoms with Gasteiger partial charge in [-0.2, -0.15) is 13.2 Å². The average molecular weight is 448 g/mol. The van der Waals surface area contributed by atoms with Gasteiger partial charge in [0.05, 0.1) is 5.69 Å². The number of hydrogen-bond acceptors (Lipinski definition) is 4. The standard InChI is InChI=1S/C23H28F3N5O/c24-23(25,26)22(12-4-13-29-22)15-7-9-17(10-8-15)31-20(27)19-18(11-14-28-21(19)32)30-16-5-2-1-3-6-16/h7-11,14,16,29H,1-6,12-13H2,(H2,27,31)(H2,28,30,32). The fourth-order valence-corrected chi connectivity index (χ4v) is 4.75. The van der Waals surface area contributed by atoms with Crippen LogP contribution < -0.4 is 21.5 Å². The van der Waals surface area contributed by atoms with E-state index in [0.29, 0.717) is 24.3 Å². The zero-order chi connectivity index (χ0) is 22.8. The third-order valence-electron chi connectivity index (χ3n) is 6.46. The molecule has 2 aliphatic rings. The summed E-state index contributed by atoms with van der Waals surface area (Å²) in [6.07, 6.45) is 3.10. The summed E-state index contributed by atoms with van der Waals surface area (Å²) in [5.74, 6) is -0.109. The molecule has 0 amide bonds. The second kappa shape index (κ2) is 8.97. The number of alkyl halides is 3. The van der Waals surface area contributed by atoms with Gasteiger partial charge in [-0.1, -0.05) is 31.4 Å². The molecule has 4 rings (SSSR count). The Hall–Kier alpha value is -2.81. The highest BCUT2D eigenvalue weighted by Crippen LogP contribution is 2.45. The Bertz CT molecular complexity index is 1000. The van der Waals surface area contributed by atoms with E-state index in [4.69, 9.17) is 5.41 Å². The van der Waals surface area contributed by atoms with Crippen molar-refractivity contribution in [2.75, 3.05) is 17.2 Å². The molecule has 1 aliphatic heterocycles. The molecule has 1 saturated heterocycles. The van der Waals surface area contributed by atoms with Crippen LogP contribution >= 0.6 is 0 Å². The first kappa shape index (κ1) is 22.4. The van der Waals surface area contributed by atoms with Crippen LogP contribution in [-0.2, 0) is 5.54 Å². The molecule has 1 aliphatic carbocycles. The van der Waals surface area contributed by atoms with E-state index < -0.39 is 17.3 Å². The van der Waals surface area contributed by atoms with Gasteiger partial charge in [0, 0.05) is 17.9 Å². The molecule has 32 heavy (non-hydrogen) atoms. The molecule has 0 spiro atoms. The van der Waals surface area contributed by atoms with Crippen LogP contribution in [0.25, 0.3) is 0 Å². The second-order valence-electron chi connectivity index (χ2n) is 8.59. The van der Waals surface area contributed by atoms with E-state index in [9.17, 15) is 18.0 Å². The summed E-state index contributed by atoms with van der Waals surface area (Å²) in [5.41, 5.74) is -1.07. The van der Waals surface area contributed by atoms with Crippen molar-refractivity contribution in [3.8, 4) is 0 Å². The molecule has 5 N–H and O–H groups in total. The van der Waals surface area contributed by atoms with Crippen LogP contribution in [0.5, 0.6) is 0 Å². The fourth-order valence-electron chi connectivity index (χ4n) is 4.75. The number of pyridine rings is 1. The maximum atomic E-state index is 13.8. The van der Waals surface area contributed by atoms with Crippen LogP contribution in [0.2, 0.25) is 0 Å². The smallest absolute Gasteiger partial charge is 0.382 e. The number of rotatable bonds is 5. The Morgan fingerprint density at radius 1 is 1.06 bits per heavy atom. The Morgan fingerprint density at radius 3 is 2.41 bits per heavy atom. The Balaban J connectivity index is 1.53. The molecule has 172 valence electrons. The molecule has 2 aromatic rings. The molecule has 1 unspecified atom stereocenters. The van der Waals surface area contributed by atoms with Crippen molar-refractivity contribution in [1.82, 2.24) is 10.3 Å². The number of nitrogens with one attached hydrogen (secondary N) is 5. The zero-order valence-corrected chi connectivity index (χ0v) is 17.7. The van der Waals surface area contributed by atoms with Gasteiger partial charge < -0.3 is 15.6 Å². The molecule has 0 radical (unpaired) electrons. The molecule has 1 aromatic heterocycles. The fraction of sp³-hybridized carbons (Fsp3) is 0.478. The zero-order valence-electron chi connectivity index (χ0n) is 17.7. The molecular weight excluding hydrogens is 419 g/mol. The van der Waals surface area contributed by atoms with Gasteiger partial charge >= 0.3 is 6.18 Å². The molecule has 2 fully saturated rings. The molecule has 0 bridgehead atoms. The van der Waals surface area contributed by atoms with Crippen molar-refractivity contribution in [1.29, 1.82) is 5.41 Å². The first-order chi connectivity index (χ1) is 15.3. The molecule has 1 atom stereocenters. The summed E-state index contributed by atoms with van der Waals surface area (Å²) >= 11 is 0. The van der Waals surface area contributed by atoms with Crippen molar-refractivity contribution in [3.05, 3.63) is 58.0 Å². The molecular formula is C23H28F3N5O. The number of anilines is 2. The predicted molar refractivity (Wildman–Crippen MR) is 119 cm³/mol. The lowest BCUT2D eigenvalue weighted by Crippen LogP contribution is -2.49. The first-order valence-corrected chi connectivity index (χ1v) is 11.1. The summed E-state index contributed by atoms with van der Waals surface area (Å²) in [6, 6.07) is 7.89. The van der Waals surface area contributed by atoms with Crippen molar-refractivity contribution in [3.63, 3.8) is 0 Å². The molecule has 1 saturated carbocycles. The van der Waals surface area contributed by atoms with Crippen molar-refractivity contribution in [2.45, 2.75) is 62.7 Å². The molecule has 6 nitrogen and oxygen atoms in total. The lowest BCUT2D eigenvalue weighted by Gasteiger charge is -2.32. The van der Waals surface area contributed by atoms with Crippen LogP contribution in [0.15, 0.2) is 41.3 Å². The van der Waals surface area contributed by atoms with Gasteiger partial charge in [0.1, 0.15) is 16.9 Å². The van der Waals surface area contributed by atoms with E-state index in [2.05, 4.69) is 20.9 Å². The maximum absolute atomic E-state index is 13.8.